The maximum absolute atomic E-state index is 6.08. The summed E-state index contributed by atoms with van der Waals surface area (Å²) < 4.78 is 0. The van der Waals surface area contributed by atoms with Crippen LogP contribution < -0.4 is 5.32 Å². The van der Waals surface area contributed by atoms with E-state index in [2.05, 4.69) is 37.4 Å². The van der Waals surface area contributed by atoms with Crippen molar-refractivity contribution in [2.24, 2.45) is 5.92 Å². The lowest BCUT2D eigenvalue weighted by molar-refractivity contribution is 0.423. The normalized spacial score (nSPS) is 24.5. The maximum atomic E-state index is 6.08. The van der Waals surface area contributed by atoms with Crippen LogP contribution >= 0.6 is 11.6 Å². The summed E-state index contributed by atoms with van der Waals surface area (Å²) in [5, 5.41) is 4.43. The van der Waals surface area contributed by atoms with E-state index in [4.69, 9.17) is 11.6 Å². The molecule has 1 aromatic carbocycles. The molecule has 1 N–H and O–H groups in total. The number of benzene rings is 1. The zero-order chi connectivity index (χ0) is 12.3. The van der Waals surface area contributed by atoms with Crippen molar-refractivity contribution in [3.63, 3.8) is 0 Å². The second-order valence-corrected chi connectivity index (χ2v) is 5.85. The third-order valence-electron chi connectivity index (χ3n) is 3.72. The monoisotopic (exact) mass is 251 g/mol. The molecule has 0 aromatic heterocycles. The molecule has 94 valence electrons. The average Bonchev–Trinajstić information content (AvgIpc) is 2.74. The minimum Gasteiger partial charge on any atom is -0.314 e. The highest BCUT2D eigenvalue weighted by Gasteiger charge is 2.28. The number of nitrogens with one attached hydrogen (secondary N) is 1. The molecule has 2 rings (SSSR count). The van der Waals surface area contributed by atoms with Crippen LogP contribution in [0.15, 0.2) is 24.3 Å². The molecule has 0 aliphatic heterocycles. The van der Waals surface area contributed by atoms with Crippen molar-refractivity contribution < 1.29 is 0 Å². The van der Waals surface area contributed by atoms with Crippen LogP contribution in [0.4, 0.5) is 0 Å². The molecule has 0 heterocycles. The van der Waals surface area contributed by atoms with E-state index in [0.29, 0.717) is 12.0 Å². The molecule has 1 aliphatic carbocycles. The van der Waals surface area contributed by atoms with E-state index >= 15 is 0 Å². The van der Waals surface area contributed by atoms with Crippen molar-refractivity contribution in [1.29, 1.82) is 0 Å². The van der Waals surface area contributed by atoms with Gasteiger partial charge in [0.2, 0.25) is 0 Å². The van der Waals surface area contributed by atoms with Crippen LogP contribution in [0.3, 0.4) is 0 Å². The van der Waals surface area contributed by atoms with Gasteiger partial charge in [0.25, 0.3) is 0 Å². The lowest BCUT2D eigenvalue weighted by atomic mass is 9.89. The molecule has 2 unspecified atom stereocenters. The van der Waals surface area contributed by atoms with E-state index in [1.165, 1.54) is 24.8 Å². The molecule has 2 atom stereocenters. The van der Waals surface area contributed by atoms with E-state index in [0.717, 1.165) is 17.5 Å². The largest absolute Gasteiger partial charge is 0.314 e. The van der Waals surface area contributed by atoms with Gasteiger partial charge >= 0.3 is 0 Å². The van der Waals surface area contributed by atoms with E-state index in [-0.39, 0.29) is 0 Å². The Hall–Kier alpha value is -0.530. The molecule has 0 amide bonds. The molecule has 1 nitrogen and oxygen atoms in total. The Morgan fingerprint density at radius 1 is 1.35 bits per heavy atom. The molecule has 0 spiro atoms. The molecule has 0 saturated heterocycles. The Kier molecular flexibility index (Phi) is 4.47. The van der Waals surface area contributed by atoms with E-state index in [1.807, 2.05) is 6.07 Å². The Morgan fingerprint density at radius 2 is 2.18 bits per heavy atom. The molecule has 1 aliphatic rings. The van der Waals surface area contributed by atoms with Gasteiger partial charge in [0.1, 0.15) is 0 Å². The Balaban J connectivity index is 2.04. The average molecular weight is 252 g/mol. The highest BCUT2D eigenvalue weighted by molar-refractivity contribution is 6.30. The van der Waals surface area contributed by atoms with Gasteiger partial charge in [-0.3, -0.25) is 0 Å². The first-order chi connectivity index (χ1) is 8.16. The van der Waals surface area contributed by atoms with Crippen molar-refractivity contribution in [1.82, 2.24) is 5.32 Å². The van der Waals surface area contributed by atoms with E-state index < -0.39 is 0 Å². The lowest BCUT2D eigenvalue weighted by Gasteiger charge is -2.22. The molecule has 2 heteroatoms. The Labute approximate surface area is 110 Å². The van der Waals surface area contributed by atoms with Gasteiger partial charge in [-0.15, -0.1) is 0 Å². The molecular weight excluding hydrogens is 230 g/mol. The summed E-state index contributed by atoms with van der Waals surface area (Å²) in [6.45, 7) is 5.56. The lowest BCUT2D eigenvalue weighted by Crippen LogP contribution is -2.30. The van der Waals surface area contributed by atoms with Crippen LogP contribution in [0.25, 0.3) is 0 Å². The molecule has 17 heavy (non-hydrogen) atoms. The quantitative estimate of drug-likeness (QED) is 0.845. The van der Waals surface area contributed by atoms with Crippen molar-refractivity contribution in [3.05, 3.63) is 34.9 Å². The fourth-order valence-electron chi connectivity index (χ4n) is 2.84. The Bertz CT molecular complexity index is 362. The fraction of sp³-hybridized carbons (Fsp3) is 0.600. The van der Waals surface area contributed by atoms with Gasteiger partial charge in [0.05, 0.1) is 0 Å². The summed E-state index contributed by atoms with van der Waals surface area (Å²) in [5.74, 6) is 1.47. The second kappa shape index (κ2) is 5.88. The number of hydrogen-bond acceptors (Lipinski definition) is 1. The van der Waals surface area contributed by atoms with Crippen LogP contribution in [-0.4, -0.2) is 12.6 Å². The first kappa shape index (κ1) is 12.9. The first-order valence-corrected chi connectivity index (χ1v) is 7.03. The minimum absolute atomic E-state index is 0.579. The maximum Gasteiger partial charge on any atom is 0.0408 e. The van der Waals surface area contributed by atoms with Crippen molar-refractivity contribution in [2.75, 3.05) is 6.54 Å². The first-order valence-electron chi connectivity index (χ1n) is 6.65. The van der Waals surface area contributed by atoms with Gasteiger partial charge < -0.3 is 5.32 Å². The van der Waals surface area contributed by atoms with Crippen LogP contribution in [0.5, 0.6) is 0 Å². The third-order valence-corrected chi connectivity index (χ3v) is 3.96. The molecular formula is C15H22ClN. The number of hydrogen-bond donors (Lipinski definition) is 1. The standard InChI is InChI=1S/C15H22ClN/c1-11(2)17-10-13-6-4-8-15(13)12-5-3-7-14(16)9-12/h3,5,7,9,11,13,15,17H,4,6,8,10H2,1-2H3. The van der Waals surface area contributed by atoms with Gasteiger partial charge in [-0.05, 0) is 48.9 Å². The van der Waals surface area contributed by atoms with Crippen molar-refractivity contribution in [3.8, 4) is 0 Å². The zero-order valence-corrected chi connectivity index (χ0v) is 11.5. The summed E-state index contributed by atoms with van der Waals surface area (Å²) in [6, 6.07) is 8.98. The van der Waals surface area contributed by atoms with Crippen LogP contribution in [-0.2, 0) is 0 Å². The predicted octanol–water partition coefficient (Wildman–Crippen LogP) is 4.22. The molecule has 1 fully saturated rings. The summed E-state index contributed by atoms with van der Waals surface area (Å²) in [6.07, 6.45) is 4.00. The summed E-state index contributed by atoms with van der Waals surface area (Å²) in [7, 11) is 0. The number of rotatable bonds is 4. The van der Waals surface area contributed by atoms with Gasteiger partial charge in [-0.25, -0.2) is 0 Å². The van der Waals surface area contributed by atoms with E-state index in [1.54, 1.807) is 0 Å². The topological polar surface area (TPSA) is 12.0 Å². The summed E-state index contributed by atoms with van der Waals surface area (Å²) in [4.78, 5) is 0. The summed E-state index contributed by atoms with van der Waals surface area (Å²) >= 11 is 6.08. The van der Waals surface area contributed by atoms with Crippen LogP contribution in [0.1, 0.15) is 44.6 Å². The fourth-order valence-corrected chi connectivity index (χ4v) is 3.04. The van der Waals surface area contributed by atoms with Gasteiger partial charge in [0.15, 0.2) is 0 Å². The molecule has 1 aromatic rings. The van der Waals surface area contributed by atoms with E-state index in [9.17, 15) is 0 Å². The predicted molar refractivity (Wildman–Crippen MR) is 74.7 cm³/mol. The summed E-state index contributed by atoms with van der Waals surface area (Å²) in [5.41, 5.74) is 1.42. The highest BCUT2D eigenvalue weighted by atomic mass is 35.5. The molecule has 1 saturated carbocycles. The van der Waals surface area contributed by atoms with Crippen LogP contribution in [0.2, 0.25) is 5.02 Å². The van der Waals surface area contributed by atoms with Crippen molar-refractivity contribution >= 4 is 11.6 Å². The number of halogens is 1. The van der Waals surface area contributed by atoms with Crippen molar-refractivity contribution in [2.45, 2.75) is 45.1 Å². The van der Waals surface area contributed by atoms with Crippen LogP contribution in [0, 0.1) is 5.92 Å². The second-order valence-electron chi connectivity index (χ2n) is 5.42. The zero-order valence-electron chi connectivity index (χ0n) is 10.7. The molecule has 0 bridgehead atoms. The minimum atomic E-state index is 0.579. The Morgan fingerprint density at radius 3 is 2.88 bits per heavy atom. The van der Waals surface area contributed by atoms with Gasteiger partial charge in [-0.1, -0.05) is 44.0 Å². The SMILES string of the molecule is CC(C)NCC1CCCC1c1cccc(Cl)c1. The smallest absolute Gasteiger partial charge is 0.0408 e. The highest BCUT2D eigenvalue weighted by Crippen LogP contribution is 2.39. The van der Waals surface area contributed by atoms with Gasteiger partial charge in [-0.2, -0.15) is 0 Å². The van der Waals surface area contributed by atoms with Gasteiger partial charge in [0, 0.05) is 11.1 Å². The molecule has 0 radical (unpaired) electrons. The third kappa shape index (κ3) is 3.46.